The van der Waals surface area contributed by atoms with Gasteiger partial charge in [-0.25, -0.2) is 13.6 Å². The minimum Gasteiger partial charge on any atom is -0.493 e. The molecule has 2 aromatic carbocycles. The summed E-state index contributed by atoms with van der Waals surface area (Å²) in [6.45, 7) is 1.04. The lowest BCUT2D eigenvalue weighted by molar-refractivity contribution is 0.0646. The van der Waals surface area contributed by atoms with Crippen LogP contribution in [0.1, 0.15) is 50.5 Å². The molecular weight excluding hydrogens is 452 g/mol. The van der Waals surface area contributed by atoms with Gasteiger partial charge >= 0.3 is 6.03 Å². The monoisotopic (exact) mass is 485 g/mol. The van der Waals surface area contributed by atoms with Crippen molar-refractivity contribution in [3.63, 3.8) is 0 Å². The van der Waals surface area contributed by atoms with E-state index in [-0.39, 0.29) is 23.2 Å². The maximum absolute atomic E-state index is 14.0. The normalized spacial score (nSPS) is 26.5. The van der Waals surface area contributed by atoms with Crippen LogP contribution in [0.25, 0.3) is 0 Å². The van der Waals surface area contributed by atoms with Gasteiger partial charge in [0.05, 0.1) is 19.9 Å². The van der Waals surface area contributed by atoms with Crippen molar-refractivity contribution >= 4 is 11.7 Å². The number of carbonyl (C=O) groups excluding carboxylic acids is 1. The number of likely N-dealkylation sites (tertiary alicyclic amines) is 1. The molecule has 1 saturated heterocycles. The maximum Gasteiger partial charge on any atom is 0.319 e. The van der Waals surface area contributed by atoms with E-state index < -0.39 is 17.7 Å². The Labute approximate surface area is 205 Å². The number of hydrogen-bond acceptors (Lipinski definition) is 4. The molecule has 0 unspecified atom stereocenters. The van der Waals surface area contributed by atoms with Gasteiger partial charge in [-0.3, -0.25) is 4.90 Å². The molecule has 2 aliphatic carbocycles. The Morgan fingerprint density at radius 3 is 2.54 bits per heavy atom. The Bertz CT molecular complexity index is 1090. The van der Waals surface area contributed by atoms with E-state index in [2.05, 4.69) is 27.7 Å². The van der Waals surface area contributed by atoms with Crippen LogP contribution in [0.2, 0.25) is 0 Å². The van der Waals surface area contributed by atoms with Crippen LogP contribution in [-0.2, 0) is 5.41 Å². The highest BCUT2D eigenvalue weighted by molar-refractivity contribution is 5.89. The number of amides is 2. The third kappa shape index (κ3) is 4.44. The first-order chi connectivity index (χ1) is 16.9. The summed E-state index contributed by atoms with van der Waals surface area (Å²) in [7, 11) is 3.30. The quantitative estimate of drug-likeness (QED) is 0.589. The van der Waals surface area contributed by atoms with Crippen LogP contribution in [-0.4, -0.2) is 49.8 Å². The first-order valence-electron chi connectivity index (χ1n) is 12.4. The van der Waals surface area contributed by atoms with Crippen molar-refractivity contribution in [2.24, 2.45) is 0 Å². The zero-order valence-corrected chi connectivity index (χ0v) is 20.3. The average Bonchev–Trinajstić information content (AvgIpc) is 3.19. The Hall–Kier alpha value is -2.87. The van der Waals surface area contributed by atoms with Gasteiger partial charge < -0.3 is 20.1 Å². The molecule has 35 heavy (non-hydrogen) atoms. The second kappa shape index (κ2) is 9.64. The lowest BCUT2D eigenvalue weighted by Crippen LogP contribution is -2.55. The number of benzene rings is 2. The predicted molar refractivity (Wildman–Crippen MR) is 130 cm³/mol. The van der Waals surface area contributed by atoms with Crippen molar-refractivity contribution < 1.29 is 23.0 Å². The molecule has 1 aliphatic heterocycles. The third-order valence-corrected chi connectivity index (χ3v) is 8.31. The first kappa shape index (κ1) is 23.9. The number of rotatable bonds is 6. The van der Waals surface area contributed by atoms with Gasteiger partial charge in [0.2, 0.25) is 0 Å². The highest BCUT2D eigenvalue weighted by Gasteiger charge is 2.53. The summed E-state index contributed by atoms with van der Waals surface area (Å²) in [6, 6.07) is 9.61. The standard InChI is InChI=1S/C27H33F2N3O3/c1-34-23-9-6-17(14-24(23)35-2)27-11-10-19(16-25(27)32(13-12-27)20-4-3-5-20)30-26(33)31-22-15-18(28)7-8-21(22)29/h6-9,14-15,19-20,25H,3-5,10-13,16H2,1-2H3,(H2,30,31,33)/t19-,25+,27-/m0/s1. The molecule has 2 amide bonds. The fourth-order valence-electron chi connectivity index (χ4n) is 6.29. The van der Waals surface area contributed by atoms with Crippen LogP contribution in [0.3, 0.4) is 0 Å². The Morgan fingerprint density at radius 2 is 1.83 bits per heavy atom. The number of ether oxygens (including phenoxy) is 2. The Morgan fingerprint density at radius 1 is 1.03 bits per heavy atom. The SMILES string of the molecule is COc1ccc([C@@]23CC[C@H](NC(=O)Nc4cc(F)ccc4F)C[C@H]2N(C2CCC2)CC3)cc1OC. The number of nitrogens with zero attached hydrogens (tertiary/aromatic N) is 1. The Balaban J connectivity index is 1.36. The van der Waals surface area contributed by atoms with Crippen molar-refractivity contribution in [1.29, 1.82) is 0 Å². The topological polar surface area (TPSA) is 62.8 Å². The van der Waals surface area contributed by atoms with E-state index in [1.54, 1.807) is 14.2 Å². The first-order valence-corrected chi connectivity index (χ1v) is 12.4. The van der Waals surface area contributed by atoms with E-state index >= 15 is 0 Å². The van der Waals surface area contributed by atoms with Crippen molar-refractivity contribution in [2.45, 2.75) is 68.5 Å². The Kier molecular flexibility index (Phi) is 6.57. The lowest BCUT2D eigenvalue weighted by atomic mass is 9.64. The van der Waals surface area contributed by atoms with E-state index in [1.165, 1.54) is 24.8 Å². The number of urea groups is 1. The maximum atomic E-state index is 14.0. The summed E-state index contributed by atoms with van der Waals surface area (Å²) >= 11 is 0. The van der Waals surface area contributed by atoms with Crippen LogP contribution in [0.4, 0.5) is 19.3 Å². The summed E-state index contributed by atoms with van der Waals surface area (Å²) in [6.07, 6.45) is 7.31. The molecule has 0 bridgehead atoms. The minimum absolute atomic E-state index is 0.0154. The van der Waals surface area contributed by atoms with Gasteiger partial charge in [-0.1, -0.05) is 12.5 Å². The van der Waals surface area contributed by atoms with Gasteiger partial charge in [0.1, 0.15) is 11.6 Å². The van der Waals surface area contributed by atoms with Crippen molar-refractivity contribution in [2.75, 3.05) is 26.1 Å². The van der Waals surface area contributed by atoms with E-state index in [0.717, 1.165) is 61.9 Å². The summed E-state index contributed by atoms with van der Waals surface area (Å²) in [5.41, 5.74) is 1.08. The fourth-order valence-corrected chi connectivity index (χ4v) is 6.29. The lowest BCUT2D eigenvalue weighted by Gasteiger charge is -2.48. The second-order valence-corrected chi connectivity index (χ2v) is 10.0. The molecule has 2 N–H and O–H groups in total. The minimum atomic E-state index is -0.662. The van der Waals surface area contributed by atoms with Crippen LogP contribution < -0.4 is 20.1 Å². The third-order valence-electron chi connectivity index (χ3n) is 8.31. The number of anilines is 1. The molecule has 188 valence electrons. The van der Waals surface area contributed by atoms with Crippen LogP contribution in [0.15, 0.2) is 36.4 Å². The number of carbonyl (C=O) groups is 1. The molecule has 2 aromatic rings. The molecule has 3 fully saturated rings. The van der Waals surface area contributed by atoms with E-state index in [0.29, 0.717) is 6.04 Å². The highest BCUT2D eigenvalue weighted by atomic mass is 19.1. The number of hydrogen-bond donors (Lipinski definition) is 2. The average molecular weight is 486 g/mol. The van der Waals surface area contributed by atoms with Crippen LogP contribution >= 0.6 is 0 Å². The molecule has 0 radical (unpaired) electrons. The van der Waals surface area contributed by atoms with Gasteiger partial charge in [0.25, 0.3) is 0 Å². The molecular formula is C27H33F2N3O3. The molecule has 3 aliphatic rings. The van der Waals surface area contributed by atoms with E-state index in [9.17, 15) is 13.6 Å². The van der Waals surface area contributed by atoms with Crippen molar-refractivity contribution in [3.8, 4) is 11.5 Å². The summed E-state index contributed by atoms with van der Waals surface area (Å²) in [5.74, 6) is 0.192. The molecule has 6 nitrogen and oxygen atoms in total. The number of fused-ring (bicyclic) bond motifs is 1. The van der Waals surface area contributed by atoms with Crippen LogP contribution in [0.5, 0.6) is 11.5 Å². The number of nitrogens with one attached hydrogen (secondary N) is 2. The number of methoxy groups -OCH3 is 2. The molecule has 8 heteroatoms. The van der Waals surface area contributed by atoms with E-state index in [1.807, 2.05) is 6.07 Å². The van der Waals surface area contributed by atoms with Gasteiger partial charge in [0, 0.05) is 29.6 Å². The van der Waals surface area contributed by atoms with Crippen LogP contribution in [0, 0.1) is 11.6 Å². The molecule has 0 spiro atoms. The molecule has 2 saturated carbocycles. The van der Waals surface area contributed by atoms with Gasteiger partial charge in [-0.05, 0) is 74.9 Å². The molecule has 0 aromatic heterocycles. The fraction of sp³-hybridized carbons (Fsp3) is 0.519. The summed E-state index contributed by atoms with van der Waals surface area (Å²) < 4.78 is 38.6. The second-order valence-electron chi connectivity index (χ2n) is 10.0. The van der Waals surface area contributed by atoms with E-state index in [4.69, 9.17) is 9.47 Å². The summed E-state index contributed by atoms with van der Waals surface area (Å²) in [4.78, 5) is 15.3. The number of halogens is 2. The van der Waals surface area contributed by atoms with Crippen molar-refractivity contribution in [3.05, 3.63) is 53.6 Å². The van der Waals surface area contributed by atoms with Crippen molar-refractivity contribution in [1.82, 2.24) is 10.2 Å². The molecule has 5 rings (SSSR count). The van der Waals surface area contributed by atoms with Gasteiger partial charge in [-0.2, -0.15) is 0 Å². The highest BCUT2D eigenvalue weighted by Crippen LogP contribution is 2.52. The zero-order chi connectivity index (χ0) is 24.6. The molecule has 1 heterocycles. The zero-order valence-electron chi connectivity index (χ0n) is 20.3. The van der Waals surface area contributed by atoms with Gasteiger partial charge in [-0.15, -0.1) is 0 Å². The summed E-state index contributed by atoms with van der Waals surface area (Å²) in [5, 5.41) is 5.50. The largest absolute Gasteiger partial charge is 0.493 e. The molecule has 3 atom stereocenters. The smallest absolute Gasteiger partial charge is 0.319 e. The van der Waals surface area contributed by atoms with Gasteiger partial charge in [0.15, 0.2) is 11.5 Å². The predicted octanol–water partition coefficient (Wildman–Crippen LogP) is 5.22.